The normalized spacial score (nSPS) is 22.6. The molecular formula is C18H19N3O4. The molecule has 0 spiro atoms. The van der Waals surface area contributed by atoms with Gasteiger partial charge in [0.1, 0.15) is 6.04 Å². The van der Waals surface area contributed by atoms with E-state index in [9.17, 15) is 19.2 Å². The Kier molecular flexibility index (Phi) is 3.78. The third-order valence-corrected chi connectivity index (χ3v) is 5.08. The van der Waals surface area contributed by atoms with Gasteiger partial charge in [-0.2, -0.15) is 0 Å². The number of benzene rings is 1. The lowest BCUT2D eigenvalue weighted by Gasteiger charge is -2.29. The van der Waals surface area contributed by atoms with Crippen molar-refractivity contribution >= 4 is 23.6 Å². The Morgan fingerprint density at radius 3 is 2.72 bits per heavy atom. The first-order valence-corrected chi connectivity index (χ1v) is 8.57. The van der Waals surface area contributed by atoms with Gasteiger partial charge in [0.05, 0.1) is 0 Å². The van der Waals surface area contributed by atoms with E-state index in [1.807, 2.05) is 6.07 Å². The average Bonchev–Trinajstić information content (AvgIpc) is 3.38. The van der Waals surface area contributed by atoms with Crippen LogP contribution in [-0.4, -0.2) is 34.6 Å². The molecule has 1 unspecified atom stereocenters. The molecule has 1 saturated carbocycles. The predicted molar refractivity (Wildman–Crippen MR) is 87.1 cm³/mol. The largest absolute Gasteiger partial charge is 0.352 e. The van der Waals surface area contributed by atoms with Gasteiger partial charge in [-0.15, -0.1) is 0 Å². The Labute approximate surface area is 144 Å². The number of piperidine rings is 1. The van der Waals surface area contributed by atoms with Crippen LogP contribution in [0.3, 0.4) is 0 Å². The van der Waals surface area contributed by atoms with Crippen molar-refractivity contribution in [1.29, 1.82) is 0 Å². The quantitative estimate of drug-likeness (QED) is 0.779. The van der Waals surface area contributed by atoms with Crippen LogP contribution in [0.1, 0.15) is 47.2 Å². The predicted octanol–water partition coefficient (Wildman–Crippen LogP) is 0.474. The van der Waals surface area contributed by atoms with E-state index < -0.39 is 11.9 Å². The summed E-state index contributed by atoms with van der Waals surface area (Å²) in [5, 5.41) is 5.22. The van der Waals surface area contributed by atoms with Gasteiger partial charge in [-0.3, -0.25) is 24.5 Å². The van der Waals surface area contributed by atoms with E-state index in [1.165, 1.54) is 4.90 Å². The van der Waals surface area contributed by atoms with Crippen LogP contribution in [0.5, 0.6) is 0 Å². The molecule has 1 aromatic carbocycles. The Hall–Kier alpha value is -2.70. The zero-order valence-electron chi connectivity index (χ0n) is 13.7. The molecule has 3 aliphatic rings. The van der Waals surface area contributed by atoms with Crippen LogP contribution < -0.4 is 10.6 Å². The van der Waals surface area contributed by atoms with Crippen LogP contribution in [-0.2, 0) is 27.5 Å². The monoisotopic (exact) mass is 341 g/mol. The average molecular weight is 341 g/mol. The van der Waals surface area contributed by atoms with Gasteiger partial charge in [-0.1, -0.05) is 12.1 Å². The van der Waals surface area contributed by atoms with Gasteiger partial charge in [0, 0.05) is 31.0 Å². The highest BCUT2D eigenvalue weighted by Crippen LogP contribution is 2.31. The molecule has 25 heavy (non-hydrogen) atoms. The van der Waals surface area contributed by atoms with Gasteiger partial charge in [0.25, 0.3) is 5.91 Å². The zero-order valence-corrected chi connectivity index (χ0v) is 13.7. The molecule has 2 aliphatic heterocycles. The lowest BCUT2D eigenvalue weighted by atomic mass is 10.0. The number of hydrogen-bond acceptors (Lipinski definition) is 4. The molecule has 2 heterocycles. The first-order chi connectivity index (χ1) is 12.0. The van der Waals surface area contributed by atoms with Crippen molar-refractivity contribution in [3.05, 3.63) is 34.9 Å². The summed E-state index contributed by atoms with van der Waals surface area (Å²) in [6.45, 7) is 0.713. The molecule has 4 amide bonds. The first kappa shape index (κ1) is 15.8. The Morgan fingerprint density at radius 1 is 1.20 bits per heavy atom. The Bertz CT molecular complexity index is 785. The molecule has 0 bridgehead atoms. The smallest absolute Gasteiger partial charge is 0.255 e. The van der Waals surface area contributed by atoms with Crippen molar-refractivity contribution in [1.82, 2.24) is 15.5 Å². The molecule has 2 fully saturated rings. The van der Waals surface area contributed by atoms with Gasteiger partial charge in [0.15, 0.2) is 0 Å². The minimum absolute atomic E-state index is 0.0592. The third kappa shape index (κ3) is 2.90. The minimum Gasteiger partial charge on any atom is -0.352 e. The summed E-state index contributed by atoms with van der Waals surface area (Å²) in [6, 6.07) is 4.82. The van der Waals surface area contributed by atoms with Crippen molar-refractivity contribution in [2.24, 2.45) is 5.92 Å². The Morgan fingerprint density at radius 2 is 2.00 bits per heavy atom. The summed E-state index contributed by atoms with van der Waals surface area (Å²) in [4.78, 5) is 49.5. The summed E-state index contributed by atoms with van der Waals surface area (Å²) >= 11 is 0. The van der Waals surface area contributed by atoms with E-state index in [4.69, 9.17) is 0 Å². The molecule has 4 rings (SSSR count). The third-order valence-electron chi connectivity index (χ3n) is 5.08. The maximum Gasteiger partial charge on any atom is 0.255 e. The second-order valence-corrected chi connectivity index (χ2v) is 6.84. The first-order valence-electron chi connectivity index (χ1n) is 8.57. The van der Waals surface area contributed by atoms with E-state index in [0.717, 1.165) is 24.0 Å². The second-order valence-electron chi connectivity index (χ2n) is 6.84. The minimum atomic E-state index is -0.619. The van der Waals surface area contributed by atoms with Gasteiger partial charge < -0.3 is 10.2 Å². The molecule has 1 saturated heterocycles. The number of fused-ring (bicyclic) bond motifs is 1. The van der Waals surface area contributed by atoms with Crippen molar-refractivity contribution in [2.75, 3.05) is 0 Å². The molecule has 0 radical (unpaired) electrons. The van der Waals surface area contributed by atoms with Crippen LogP contribution in [0, 0.1) is 5.92 Å². The highest BCUT2D eigenvalue weighted by molar-refractivity contribution is 6.05. The van der Waals surface area contributed by atoms with E-state index >= 15 is 0 Å². The fourth-order valence-corrected chi connectivity index (χ4v) is 3.49. The van der Waals surface area contributed by atoms with Crippen LogP contribution in [0.4, 0.5) is 0 Å². The summed E-state index contributed by atoms with van der Waals surface area (Å²) in [5.41, 5.74) is 2.32. The fraction of sp³-hybridized carbons (Fsp3) is 0.444. The number of amides is 4. The molecule has 130 valence electrons. The van der Waals surface area contributed by atoms with Crippen LogP contribution >= 0.6 is 0 Å². The maximum absolute atomic E-state index is 12.7. The zero-order chi connectivity index (χ0) is 17.6. The van der Waals surface area contributed by atoms with Gasteiger partial charge in [-0.25, -0.2) is 0 Å². The van der Waals surface area contributed by atoms with Crippen molar-refractivity contribution in [3.63, 3.8) is 0 Å². The number of imide groups is 1. The highest BCUT2D eigenvalue weighted by atomic mass is 16.2. The number of hydrogen-bond donors (Lipinski definition) is 2. The molecule has 0 aromatic heterocycles. The number of nitrogens with one attached hydrogen (secondary N) is 2. The van der Waals surface area contributed by atoms with E-state index in [0.29, 0.717) is 25.1 Å². The number of carbonyl (C=O) groups excluding carboxylic acids is 4. The molecule has 7 heteroatoms. The molecule has 7 nitrogen and oxygen atoms in total. The van der Waals surface area contributed by atoms with Gasteiger partial charge >= 0.3 is 0 Å². The number of rotatable bonds is 4. The second kappa shape index (κ2) is 5.98. The van der Waals surface area contributed by atoms with Crippen LogP contribution in [0.25, 0.3) is 0 Å². The highest BCUT2D eigenvalue weighted by Gasteiger charge is 2.39. The standard InChI is InChI=1S/C18H19N3O4/c22-15-7-6-14(17(24)20-15)21-9-13-11(2-1-3-12(13)18(21)25)8-19-16(23)10-4-5-10/h1-3,10,14H,4-9H2,(H,19,23)(H,20,22,24). The fourth-order valence-electron chi connectivity index (χ4n) is 3.49. The van der Waals surface area contributed by atoms with E-state index in [2.05, 4.69) is 10.6 Å². The number of carbonyl (C=O) groups is 4. The molecule has 1 atom stereocenters. The Balaban J connectivity index is 1.52. The maximum atomic E-state index is 12.7. The van der Waals surface area contributed by atoms with Crippen LogP contribution in [0.15, 0.2) is 18.2 Å². The number of nitrogens with zero attached hydrogens (tertiary/aromatic N) is 1. The summed E-state index contributed by atoms with van der Waals surface area (Å²) in [6.07, 6.45) is 2.47. The topological polar surface area (TPSA) is 95.6 Å². The van der Waals surface area contributed by atoms with Crippen LogP contribution in [0.2, 0.25) is 0 Å². The van der Waals surface area contributed by atoms with Gasteiger partial charge in [-0.05, 0) is 36.5 Å². The molecule has 2 N–H and O–H groups in total. The molecule has 1 aliphatic carbocycles. The SMILES string of the molecule is O=C1CCC(N2Cc3c(CNC(=O)C4CC4)cccc3C2=O)C(=O)N1. The summed E-state index contributed by atoms with van der Waals surface area (Å²) in [7, 11) is 0. The molecular weight excluding hydrogens is 322 g/mol. The van der Waals surface area contributed by atoms with Crippen molar-refractivity contribution < 1.29 is 19.2 Å². The van der Waals surface area contributed by atoms with Gasteiger partial charge in [0.2, 0.25) is 17.7 Å². The van der Waals surface area contributed by atoms with Crippen molar-refractivity contribution in [3.8, 4) is 0 Å². The van der Waals surface area contributed by atoms with Crippen molar-refractivity contribution in [2.45, 2.75) is 44.8 Å². The molecule has 1 aromatic rings. The summed E-state index contributed by atoms with van der Waals surface area (Å²) < 4.78 is 0. The lowest BCUT2D eigenvalue weighted by molar-refractivity contribution is -0.137. The summed E-state index contributed by atoms with van der Waals surface area (Å²) in [5.74, 6) is -0.711. The van der Waals surface area contributed by atoms with E-state index in [1.54, 1.807) is 12.1 Å². The lowest BCUT2D eigenvalue weighted by Crippen LogP contribution is -2.52. The van der Waals surface area contributed by atoms with E-state index in [-0.39, 0.29) is 30.1 Å².